The number of benzene rings is 1. The monoisotopic (exact) mass is 580 g/mol. The predicted octanol–water partition coefficient (Wildman–Crippen LogP) is 3.47. The van der Waals surface area contributed by atoms with Crippen LogP contribution in [0.4, 0.5) is 23.7 Å². The van der Waals surface area contributed by atoms with Gasteiger partial charge in [-0.05, 0) is 52.3 Å². The molecule has 1 fully saturated rings. The van der Waals surface area contributed by atoms with E-state index >= 15 is 0 Å². The van der Waals surface area contributed by atoms with E-state index in [1.54, 1.807) is 13.8 Å². The lowest BCUT2D eigenvalue weighted by atomic mass is 9.96. The van der Waals surface area contributed by atoms with Crippen molar-refractivity contribution < 1.29 is 42.1 Å². The Morgan fingerprint density at radius 2 is 2.00 bits per heavy atom. The highest BCUT2D eigenvalue weighted by molar-refractivity contribution is 6.05. The number of carboxylic acid groups (broad SMARTS) is 1. The lowest BCUT2D eigenvalue weighted by Crippen LogP contribution is -2.58. The van der Waals surface area contributed by atoms with E-state index in [0.29, 0.717) is 13.0 Å². The Hall–Kier alpha value is -2.77. The van der Waals surface area contributed by atoms with Crippen LogP contribution in [0.15, 0.2) is 12.1 Å². The van der Waals surface area contributed by atoms with Gasteiger partial charge in [0, 0.05) is 45.9 Å². The summed E-state index contributed by atoms with van der Waals surface area (Å²) >= 11 is 0. The highest BCUT2D eigenvalue weighted by Crippen LogP contribution is 2.44. The van der Waals surface area contributed by atoms with Crippen molar-refractivity contribution in [1.29, 1.82) is 0 Å². The molecule has 3 rings (SSSR count). The van der Waals surface area contributed by atoms with Crippen molar-refractivity contribution in [2.24, 2.45) is 0 Å². The third-order valence-electron chi connectivity index (χ3n) is 6.82. The maximum atomic E-state index is 14.3. The molecule has 0 aromatic heterocycles. The molecular formula is C25H36ClF3N4O6. The lowest BCUT2D eigenvalue weighted by molar-refractivity contribution is -0.140. The molecule has 10 nitrogen and oxygen atoms in total. The Labute approximate surface area is 231 Å². The quantitative estimate of drug-likeness (QED) is 0.484. The highest BCUT2D eigenvalue weighted by Gasteiger charge is 2.47. The summed E-state index contributed by atoms with van der Waals surface area (Å²) in [5.41, 5.74) is -3.47. The van der Waals surface area contributed by atoms with Gasteiger partial charge in [0.1, 0.15) is 5.75 Å². The maximum absolute atomic E-state index is 14.3. The summed E-state index contributed by atoms with van der Waals surface area (Å²) < 4.78 is 53.9. The van der Waals surface area contributed by atoms with Gasteiger partial charge < -0.3 is 34.6 Å². The molecule has 1 saturated heterocycles. The fourth-order valence-electron chi connectivity index (χ4n) is 4.92. The number of hydrogen-bond acceptors (Lipinski definition) is 6. The number of methoxy groups -OCH3 is 1. The van der Waals surface area contributed by atoms with Gasteiger partial charge in [0.05, 0.1) is 23.4 Å². The Balaban J connectivity index is 0.00000533. The topological polar surface area (TPSA) is 112 Å². The molecule has 220 valence electrons. The van der Waals surface area contributed by atoms with Gasteiger partial charge in [-0.25, -0.2) is 4.79 Å². The highest BCUT2D eigenvalue weighted by atomic mass is 35.5. The minimum Gasteiger partial charge on any atom is -0.473 e. The fraction of sp³-hybridized carbons (Fsp3) is 0.640. The summed E-state index contributed by atoms with van der Waals surface area (Å²) in [4.78, 5) is 42.1. The third-order valence-corrected chi connectivity index (χ3v) is 6.82. The average Bonchev–Trinajstić information content (AvgIpc) is 2.83. The average molecular weight is 581 g/mol. The number of nitrogens with zero attached hydrogens (tertiary/aromatic N) is 3. The number of nitrogens with one attached hydrogen (secondary N) is 1. The van der Waals surface area contributed by atoms with Crippen LogP contribution in [0.3, 0.4) is 0 Å². The van der Waals surface area contributed by atoms with Crippen LogP contribution in [-0.2, 0) is 15.7 Å². The van der Waals surface area contributed by atoms with Crippen molar-refractivity contribution in [1.82, 2.24) is 15.1 Å². The van der Waals surface area contributed by atoms with Gasteiger partial charge in [-0.1, -0.05) is 0 Å². The number of halogens is 4. The molecule has 0 radical (unpaired) electrons. The molecule has 0 spiro atoms. The molecular weight excluding hydrogens is 545 g/mol. The van der Waals surface area contributed by atoms with E-state index in [4.69, 9.17) is 9.47 Å². The van der Waals surface area contributed by atoms with E-state index in [1.165, 1.54) is 26.0 Å². The molecule has 0 aliphatic carbocycles. The number of amides is 3. The molecule has 2 N–H and O–H groups in total. The van der Waals surface area contributed by atoms with Crippen LogP contribution in [0, 0.1) is 0 Å². The van der Waals surface area contributed by atoms with Gasteiger partial charge in [0.15, 0.2) is 0 Å². The second kappa shape index (κ2) is 12.6. The summed E-state index contributed by atoms with van der Waals surface area (Å²) in [5.74, 6) is -1.67. The predicted molar refractivity (Wildman–Crippen MR) is 140 cm³/mol. The molecule has 14 heteroatoms. The summed E-state index contributed by atoms with van der Waals surface area (Å²) in [6.45, 7) is 5.55. The fourth-order valence-corrected chi connectivity index (χ4v) is 4.92. The van der Waals surface area contributed by atoms with Gasteiger partial charge in [0.25, 0.3) is 11.8 Å². The molecule has 1 aromatic rings. The minimum absolute atomic E-state index is 0. The van der Waals surface area contributed by atoms with E-state index < -0.39 is 40.8 Å². The van der Waals surface area contributed by atoms with Gasteiger partial charge in [-0.3, -0.25) is 9.59 Å². The SMILES string of the molecule is COC[C@]1(C)Oc2cc(C(F)(F)F)c(C(=O)N(C(C)C)[C@@H]3CCCNC3)cc2N(CCN(C)C(=O)O)C1=O.Cl. The number of rotatable bonds is 8. The van der Waals surface area contributed by atoms with E-state index in [0.717, 1.165) is 34.9 Å². The van der Waals surface area contributed by atoms with Crippen LogP contribution in [0.1, 0.15) is 49.5 Å². The zero-order chi connectivity index (χ0) is 28.4. The Morgan fingerprint density at radius 3 is 2.51 bits per heavy atom. The largest absolute Gasteiger partial charge is 0.473 e. The number of anilines is 1. The van der Waals surface area contributed by atoms with Crippen LogP contribution in [0.2, 0.25) is 0 Å². The summed E-state index contributed by atoms with van der Waals surface area (Å²) in [7, 11) is 2.63. The van der Waals surface area contributed by atoms with Crippen molar-refractivity contribution in [2.75, 3.05) is 51.8 Å². The number of fused-ring (bicyclic) bond motifs is 1. The van der Waals surface area contributed by atoms with E-state index in [1.807, 2.05) is 0 Å². The molecule has 3 amide bonds. The van der Waals surface area contributed by atoms with E-state index in [-0.39, 0.29) is 55.6 Å². The van der Waals surface area contributed by atoms with Gasteiger partial charge in [0.2, 0.25) is 5.60 Å². The van der Waals surface area contributed by atoms with Crippen LogP contribution in [0.25, 0.3) is 0 Å². The standard InChI is InChI=1S/C25H35F3N4O6.ClH/c1-15(2)32(16-7-6-8-29-13-16)21(33)17-11-19-20(12-18(17)25(26,27)28)38-24(3,14-37-5)22(34)31(19)10-9-30(4)23(35)36;/h11-12,15-16,29H,6-10,13-14H2,1-5H3,(H,35,36);1H/t16-,24+;/m1./s1. The van der Waals surface area contributed by atoms with Crippen LogP contribution >= 0.6 is 12.4 Å². The first-order valence-electron chi connectivity index (χ1n) is 12.4. The zero-order valence-corrected chi connectivity index (χ0v) is 23.4. The maximum Gasteiger partial charge on any atom is 0.417 e. The van der Waals surface area contributed by atoms with E-state index in [9.17, 15) is 32.7 Å². The number of piperidine rings is 1. The molecule has 0 saturated carbocycles. The summed E-state index contributed by atoms with van der Waals surface area (Å²) in [6, 6.07) is 1.11. The molecule has 2 aliphatic heterocycles. The van der Waals surface area contributed by atoms with Crippen molar-refractivity contribution in [3.8, 4) is 5.75 Å². The van der Waals surface area contributed by atoms with Crippen molar-refractivity contribution in [2.45, 2.75) is 57.5 Å². The number of likely N-dealkylation sites (N-methyl/N-ethyl adjacent to an activating group) is 1. The Morgan fingerprint density at radius 1 is 1.33 bits per heavy atom. The molecule has 39 heavy (non-hydrogen) atoms. The number of alkyl halides is 3. The minimum atomic E-state index is -4.88. The first-order valence-corrected chi connectivity index (χ1v) is 12.4. The lowest BCUT2D eigenvalue weighted by Gasteiger charge is -2.42. The smallest absolute Gasteiger partial charge is 0.417 e. The summed E-state index contributed by atoms with van der Waals surface area (Å²) in [5, 5.41) is 12.4. The molecule has 1 aromatic carbocycles. The first-order chi connectivity index (χ1) is 17.7. The third kappa shape index (κ3) is 6.87. The van der Waals surface area contributed by atoms with Crippen molar-refractivity contribution in [3.05, 3.63) is 23.3 Å². The summed E-state index contributed by atoms with van der Waals surface area (Å²) in [6.07, 6.45) is -4.69. The Kier molecular flexibility index (Phi) is 10.5. The molecule has 2 aliphatic rings. The van der Waals surface area contributed by atoms with Crippen LogP contribution in [0.5, 0.6) is 5.75 Å². The number of carbonyl (C=O) groups excluding carboxylic acids is 2. The second-order valence-corrected chi connectivity index (χ2v) is 10.1. The molecule has 2 heterocycles. The van der Waals surface area contributed by atoms with Crippen molar-refractivity contribution in [3.63, 3.8) is 0 Å². The number of carbonyl (C=O) groups is 3. The first kappa shape index (κ1) is 32.4. The second-order valence-electron chi connectivity index (χ2n) is 10.1. The van der Waals surface area contributed by atoms with Crippen molar-refractivity contribution >= 4 is 36.0 Å². The number of hydrogen-bond donors (Lipinski definition) is 2. The van der Waals surface area contributed by atoms with E-state index in [2.05, 4.69) is 5.32 Å². The van der Waals surface area contributed by atoms with Gasteiger partial charge >= 0.3 is 12.3 Å². The molecule has 0 unspecified atom stereocenters. The molecule has 2 atom stereocenters. The van der Waals surface area contributed by atoms with Gasteiger partial charge in [-0.15, -0.1) is 12.4 Å². The Bertz CT molecular complexity index is 1070. The molecule has 0 bridgehead atoms. The van der Waals surface area contributed by atoms with Crippen LogP contribution < -0.4 is 15.0 Å². The zero-order valence-electron chi connectivity index (χ0n) is 22.6. The van der Waals surface area contributed by atoms with Crippen LogP contribution in [-0.4, -0.2) is 97.4 Å². The normalized spacial score (nSPS) is 21.1. The van der Waals surface area contributed by atoms with Gasteiger partial charge in [-0.2, -0.15) is 13.2 Å². The number of ether oxygens (including phenoxy) is 2.